The van der Waals surface area contributed by atoms with Crippen molar-refractivity contribution in [1.29, 1.82) is 16.6 Å². The van der Waals surface area contributed by atoms with Gasteiger partial charge >= 0.3 is 0 Å². The molecule has 32 heavy (non-hydrogen) atoms. The van der Waals surface area contributed by atoms with E-state index in [0.717, 1.165) is 29.9 Å². The third-order valence-corrected chi connectivity index (χ3v) is 8.69. The second-order valence-corrected chi connectivity index (χ2v) is 10.3. The summed E-state index contributed by atoms with van der Waals surface area (Å²) in [6.45, 7) is 4.59. The maximum atomic E-state index is 13.6. The van der Waals surface area contributed by atoms with E-state index in [1.165, 1.54) is 12.8 Å². The zero-order valence-electron chi connectivity index (χ0n) is 19.1. The van der Waals surface area contributed by atoms with Crippen molar-refractivity contribution in [2.24, 2.45) is 38.5 Å². The molecule has 1 atom stereocenters. The van der Waals surface area contributed by atoms with Gasteiger partial charge in [-0.1, -0.05) is 44.2 Å². The molecule has 3 aliphatic carbocycles. The van der Waals surface area contributed by atoms with Crippen molar-refractivity contribution in [2.75, 3.05) is 0 Å². The fraction of sp³-hybridized carbons (Fsp3) is 0.640. The third-order valence-electron chi connectivity index (χ3n) is 8.69. The van der Waals surface area contributed by atoms with Crippen LogP contribution in [0.1, 0.15) is 70.8 Å². The van der Waals surface area contributed by atoms with Gasteiger partial charge in [0.05, 0.1) is 11.0 Å². The highest BCUT2D eigenvalue weighted by Crippen LogP contribution is 2.59. The minimum atomic E-state index is -0.996. The van der Waals surface area contributed by atoms with Crippen LogP contribution in [0.25, 0.3) is 5.57 Å². The molecule has 2 fully saturated rings. The fourth-order valence-electron chi connectivity index (χ4n) is 6.70. The molecule has 7 nitrogen and oxygen atoms in total. The van der Waals surface area contributed by atoms with Gasteiger partial charge in [0.25, 0.3) is 0 Å². The largest absolute Gasteiger partial charge is 0.296 e. The van der Waals surface area contributed by atoms with Crippen LogP contribution in [-0.2, 0) is 4.79 Å². The van der Waals surface area contributed by atoms with Crippen molar-refractivity contribution < 1.29 is 4.79 Å². The van der Waals surface area contributed by atoms with E-state index in [2.05, 4.69) is 29.2 Å². The number of nitrogens with one attached hydrogen (secondary N) is 3. The van der Waals surface area contributed by atoms with Crippen molar-refractivity contribution in [2.45, 2.75) is 76.8 Å². The number of hydrogen-bond acceptors (Lipinski definition) is 7. The first-order valence-electron chi connectivity index (χ1n) is 11.9. The molecule has 2 saturated carbocycles. The smallest absolute Gasteiger partial charge is 0.175 e. The first kappa shape index (κ1) is 22.6. The predicted octanol–water partition coefficient (Wildman–Crippen LogP) is 7.20. The number of Topliss-reactive ketones (excluding diaryl/α,β-unsaturated/α-hetero) is 1. The van der Waals surface area contributed by atoms with Crippen molar-refractivity contribution >= 4 is 11.4 Å². The van der Waals surface area contributed by atoms with Crippen LogP contribution in [0.15, 0.2) is 51.4 Å². The molecule has 3 aliphatic rings. The summed E-state index contributed by atoms with van der Waals surface area (Å²) < 4.78 is 0. The minimum absolute atomic E-state index is 0.112. The number of carbonyl (C=O) groups is 1. The van der Waals surface area contributed by atoms with Gasteiger partial charge in [0.15, 0.2) is 11.8 Å². The van der Waals surface area contributed by atoms with Crippen molar-refractivity contribution in [3.05, 3.63) is 41.6 Å². The van der Waals surface area contributed by atoms with E-state index in [-0.39, 0.29) is 5.78 Å². The SMILES string of the molecule is CC(C)C1CCC(C2(N=N)CCC3(CC2)C(=O)C(N=N)C(N=N)=C3c2ccccc2)CC1. The summed E-state index contributed by atoms with van der Waals surface area (Å²) >= 11 is 0. The molecular weight excluding hydrogens is 400 g/mol. The van der Waals surface area contributed by atoms with Crippen LogP contribution in [0.3, 0.4) is 0 Å². The number of allylic oxidation sites excluding steroid dienone is 1. The highest BCUT2D eigenvalue weighted by Gasteiger charge is 2.58. The highest BCUT2D eigenvalue weighted by atomic mass is 16.1. The summed E-state index contributed by atoms with van der Waals surface area (Å²) in [5, 5.41) is 11.5. The van der Waals surface area contributed by atoms with Crippen molar-refractivity contribution in [3.63, 3.8) is 0 Å². The van der Waals surface area contributed by atoms with Gasteiger partial charge in [0.1, 0.15) is 5.70 Å². The van der Waals surface area contributed by atoms with E-state index in [0.29, 0.717) is 43.2 Å². The zero-order chi connectivity index (χ0) is 22.9. The Morgan fingerprint density at radius 2 is 1.56 bits per heavy atom. The molecule has 0 aliphatic heterocycles. The number of nitrogens with zero attached hydrogens (tertiary/aromatic N) is 3. The molecule has 4 rings (SSSR count). The topological polar surface area (TPSA) is 126 Å². The number of carbonyl (C=O) groups excluding carboxylic acids is 1. The highest BCUT2D eigenvalue weighted by molar-refractivity contribution is 6.09. The molecule has 0 radical (unpaired) electrons. The van der Waals surface area contributed by atoms with Crippen LogP contribution in [-0.4, -0.2) is 17.4 Å². The summed E-state index contributed by atoms with van der Waals surface area (Å²) in [5.41, 5.74) is 24.3. The molecule has 1 aromatic carbocycles. The van der Waals surface area contributed by atoms with Crippen LogP contribution >= 0.6 is 0 Å². The zero-order valence-corrected chi connectivity index (χ0v) is 19.1. The predicted molar refractivity (Wildman–Crippen MR) is 122 cm³/mol. The fourth-order valence-corrected chi connectivity index (χ4v) is 6.70. The lowest BCUT2D eigenvalue weighted by Crippen LogP contribution is -2.47. The van der Waals surface area contributed by atoms with Gasteiger partial charge in [-0.15, -0.1) is 0 Å². The lowest BCUT2D eigenvalue weighted by atomic mass is 9.57. The quantitative estimate of drug-likeness (QED) is 0.402. The number of ketones is 1. The van der Waals surface area contributed by atoms with Gasteiger partial charge in [0, 0.05) is 0 Å². The molecule has 0 heterocycles. The van der Waals surface area contributed by atoms with Crippen molar-refractivity contribution in [3.8, 4) is 0 Å². The second kappa shape index (κ2) is 8.75. The Kier molecular flexibility index (Phi) is 6.19. The summed E-state index contributed by atoms with van der Waals surface area (Å²) in [5.74, 6) is 1.74. The molecule has 0 amide bonds. The lowest BCUT2D eigenvalue weighted by molar-refractivity contribution is -0.127. The molecule has 0 bridgehead atoms. The Labute approximate surface area is 190 Å². The first-order chi connectivity index (χ1) is 15.4. The van der Waals surface area contributed by atoms with E-state index < -0.39 is 17.0 Å². The summed E-state index contributed by atoms with van der Waals surface area (Å²) in [6, 6.07) is 8.68. The van der Waals surface area contributed by atoms with Gasteiger partial charge < -0.3 is 0 Å². The minimum Gasteiger partial charge on any atom is -0.296 e. The van der Waals surface area contributed by atoms with Gasteiger partial charge in [-0.05, 0) is 80.3 Å². The molecular formula is C25H34N6O. The van der Waals surface area contributed by atoms with Crippen LogP contribution in [0.2, 0.25) is 0 Å². The van der Waals surface area contributed by atoms with Gasteiger partial charge in [-0.2, -0.15) is 15.3 Å². The average molecular weight is 435 g/mol. The molecule has 170 valence electrons. The van der Waals surface area contributed by atoms with Crippen LogP contribution in [0.5, 0.6) is 0 Å². The molecule has 3 N–H and O–H groups in total. The van der Waals surface area contributed by atoms with Gasteiger partial charge in [-0.3, -0.25) is 4.79 Å². The Morgan fingerprint density at radius 1 is 0.938 bits per heavy atom. The Balaban J connectivity index is 1.65. The molecule has 1 unspecified atom stereocenters. The molecule has 7 heteroatoms. The monoisotopic (exact) mass is 434 g/mol. The van der Waals surface area contributed by atoms with E-state index in [9.17, 15) is 4.79 Å². The third kappa shape index (κ3) is 3.46. The van der Waals surface area contributed by atoms with E-state index in [4.69, 9.17) is 16.6 Å². The standard InChI is InChI=1S/C25H34N6O/c1-16(2)17-8-10-19(11-9-17)25(31-28)14-12-24(13-15-25)20(18-6-4-3-5-7-18)21(29-26)22(30-27)23(24)32/h3-7,16-17,19,22,26-28H,8-15H2,1-2H3. The van der Waals surface area contributed by atoms with Gasteiger partial charge in [-0.25, -0.2) is 16.6 Å². The first-order valence-corrected chi connectivity index (χ1v) is 11.9. The number of rotatable bonds is 6. The van der Waals surface area contributed by atoms with Gasteiger partial charge in [0.2, 0.25) is 0 Å². The number of hydrogen-bond donors (Lipinski definition) is 3. The molecule has 0 aromatic heterocycles. The molecule has 0 saturated heterocycles. The summed E-state index contributed by atoms with van der Waals surface area (Å²) in [7, 11) is 0. The Morgan fingerprint density at radius 3 is 2.06 bits per heavy atom. The van der Waals surface area contributed by atoms with Crippen LogP contribution < -0.4 is 0 Å². The summed E-state index contributed by atoms with van der Waals surface area (Å²) in [4.78, 5) is 13.6. The summed E-state index contributed by atoms with van der Waals surface area (Å²) in [6.07, 6.45) is 7.12. The maximum absolute atomic E-state index is 13.6. The van der Waals surface area contributed by atoms with E-state index >= 15 is 0 Å². The van der Waals surface area contributed by atoms with Crippen LogP contribution in [0.4, 0.5) is 0 Å². The Hall–Kier alpha value is -2.57. The molecule has 1 aromatic rings. The van der Waals surface area contributed by atoms with Crippen LogP contribution in [0, 0.1) is 39.8 Å². The van der Waals surface area contributed by atoms with E-state index in [1.807, 2.05) is 30.3 Å². The number of benzene rings is 1. The second-order valence-electron chi connectivity index (χ2n) is 10.3. The Bertz CT molecular complexity index is 921. The van der Waals surface area contributed by atoms with Crippen molar-refractivity contribution in [1.82, 2.24) is 0 Å². The normalized spacial score (nSPS) is 35.3. The van der Waals surface area contributed by atoms with E-state index in [1.54, 1.807) is 0 Å². The lowest BCUT2D eigenvalue weighted by Gasteiger charge is -2.48. The average Bonchev–Trinajstić information content (AvgIpc) is 3.07. The maximum Gasteiger partial charge on any atom is 0.175 e. The molecule has 1 spiro atoms.